The third-order valence-electron chi connectivity index (χ3n) is 1.99. The van der Waals surface area contributed by atoms with Gasteiger partial charge in [0.1, 0.15) is 6.61 Å². The minimum atomic E-state index is -0.404. The lowest BCUT2D eigenvalue weighted by molar-refractivity contribution is -0.144. The van der Waals surface area contributed by atoms with Crippen LogP contribution in [0.4, 0.5) is 5.69 Å². The Bertz CT molecular complexity index is 365. The number of anilines is 1. The molecule has 0 fully saturated rings. The lowest BCUT2D eigenvalue weighted by atomic mass is 10.2. The molecule has 1 aromatic rings. The molecular weight excluding hydrogens is 220 g/mol. The normalized spacial score (nSPS) is 9.71. The summed E-state index contributed by atoms with van der Waals surface area (Å²) >= 11 is 0. The molecule has 0 aliphatic carbocycles. The van der Waals surface area contributed by atoms with Gasteiger partial charge in [0.2, 0.25) is 5.91 Å². The molecule has 3 N–H and O–H groups in total. The third-order valence-corrected chi connectivity index (χ3v) is 1.99. The maximum absolute atomic E-state index is 11.4. The van der Waals surface area contributed by atoms with Crippen LogP contribution in [0.15, 0.2) is 30.3 Å². The minimum absolute atomic E-state index is 0.0681. The van der Waals surface area contributed by atoms with Gasteiger partial charge in [-0.2, -0.15) is 0 Å². The average molecular weight is 236 g/mol. The Morgan fingerprint density at radius 1 is 1.18 bits per heavy atom. The van der Waals surface area contributed by atoms with Crippen molar-refractivity contribution < 1.29 is 14.3 Å². The number of hydrogen-bond donors (Lipinski definition) is 2. The first kappa shape index (κ1) is 13.2. The van der Waals surface area contributed by atoms with E-state index in [1.807, 2.05) is 18.2 Å². The van der Waals surface area contributed by atoms with E-state index in [0.717, 1.165) is 0 Å². The van der Waals surface area contributed by atoms with Crippen LogP contribution in [0.1, 0.15) is 12.8 Å². The van der Waals surface area contributed by atoms with Crippen LogP contribution < -0.4 is 11.1 Å². The number of hydrogen-bond acceptors (Lipinski definition) is 4. The summed E-state index contributed by atoms with van der Waals surface area (Å²) in [4.78, 5) is 22.5. The molecule has 1 rings (SSSR count). The first-order valence-corrected chi connectivity index (χ1v) is 5.43. The summed E-state index contributed by atoms with van der Waals surface area (Å²) in [5.41, 5.74) is 5.89. The van der Waals surface area contributed by atoms with Crippen molar-refractivity contribution in [2.75, 3.05) is 18.5 Å². The van der Waals surface area contributed by atoms with Crippen LogP contribution in [-0.4, -0.2) is 25.0 Å². The van der Waals surface area contributed by atoms with E-state index in [9.17, 15) is 9.59 Å². The molecule has 0 saturated heterocycles. The molecule has 0 aliphatic heterocycles. The van der Waals surface area contributed by atoms with Crippen molar-refractivity contribution in [3.8, 4) is 0 Å². The molecule has 17 heavy (non-hydrogen) atoms. The second kappa shape index (κ2) is 7.40. The molecule has 0 aromatic heterocycles. The molecule has 0 radical (unpaired) electrons. The SMILES string of the molecule is NCCOC(=O)CCC(=O)Nc1ccccc1. The van der Waals surface area contributed by atoms with Gasteiger partial charge in [0.25, 0.3) is 0 Å². The molecule has 0 bridgehead atoms. The molecule has 1 aromatic carbocycles. The van der Waals surface area contributed by atoms with Gasteiger partial charge >= 0.3 is 5.97 Å². The number of para-hydroxylation sites is 1. The number of ether oxygens (including phenoxy) is 1. The molecule has 5 heteroatoms. The van der Waals surface area contributed by atoms with Crippen molar-refractivity contribution in [2.24, 2.45) is 5.73 Å². The van der Waals surface area contributed by atoms with Crippen LogP contribution in [0.2, 0.25) is 0 Å². The van der Waals surface area contributed by atoms with E-state index in [2.05, 4.69) is 5.32 Å². The Kier molecular flexibility index (Phi) is 5.74. The number of rotatable bonds is 6. The zero-order valence-electron chi connectivity index (χ0n) is 9.52. The van der Waals surface area contributed by atoms with Crippen LogP contribution in [0.3, 0.4) is 0 Å². The second-order valence-electron chi connectivity index (χ2n) is 3.42. The first-order valence-electron chi connectivity index (χ1n) is 5.43. The number of amides is 1. The summed E-state index contributed by atoms with van der Waals surface area (Å²) in [5.74, 6) is -0.612. The van der Waals surface area contributed by atoms with Gasteiger partial charge in [-0.15, -0.1) is 0 Å². The lowest BCUT2D eigenvalue weighted by Crippen LogP contribution is -2.17. The van der Waals surface area contributed by atoms with Gasteiger partial charge in [-0.3, -0.25) is 9.59 Å². The van der Waals surface area contributed by atoms with Gasteiger partial charge in [-0.05, 0) is 12.1 Å². The van der Waals surface area contributed by atoms with Crippen LogP contribution >= 0.6 is 0 Å². The zero-order chi connectivity index (χ0) is 12.5. The summed E-state index contributed by atoms with van der Waals surface area (Å²) < 4.78 is 4.75. The minimum Gasteiger partial charge on any atom is -0.464 e. The largest absolute Gasteiger partial charge is 0.464 e. The third kappa shape index (κ3) is 5.67. The van der Waals surface area contributed by atoms with E-state index < -0.39 is 5.97 Å². The molecule has 0 unspecified atom stereocenters. The number of esters is 1. The molecule has 0 saturated carbocycles. The second-order valence-corrected chi connectivity index (χ2v) is 3.42. The highest BCUT2D eigenvalue weighted by Gasteiger charge is 2.07. The summed E-state index contributed by atoms with van der Waals surface area (Å²) in [5, 5.41) is 2.68. The Hall–Kier alpha value is -1.88. The van der Waals surface area contributed by atoms with E-state index in [1.165, 1.54) is 0 Å². The number of nitrogens with one attached hydrogen (secondary N) is 1. The van der Waals surface area contributed by atoms with Gasteiger partial charge in [0, 0.05) is 18.7 Å². The van der Waals surface area contributed by atoms with E-state index >= 15 is 0 Å². The van der Waals surface area contributed by atoms with Crippen LogP contribution in [-0.2, 0) is 14.3 Å². The van der Waals surface area contributed by atoms with Crippen molar-refractivity contribution in [1.82, 2.24) is 0 Å². The predicted molar refractivity (Wildman–Crippen MR) is 64.3 cm³/mol. The van der Waals surface area contributed by atoms with Gasteiger partial charge in [-0.25, -0.2) is 0 Å². The Morgan fingerprint density at radius 2 is 1.88 bits per heavy atom. The number of benzene rings is 1. The zero-order valence-corrected chi connectivity index (χ0v) is 9.52. The molecule has 1 amide bonds. The summed E-state index contributed by atoms with van der Waals surface area (Å²) in [6.07, 6.45) is 0.178. The van der Waals surface area contributed by atoms with Crippen molar-refractivity contribution in [1.29, 1.82) is 0 Å². The molecule has 0 heterocycles. The van der Waals surface area contributed by atoms with Crippen molar-refractivity contribution in [3.63, 3.8) is 0 Å². The molecule has 0 aliphatic rings. The smallest absolute Gasteiger partial charge is 0.306 e. The molecule has 92 valence electrons. The first-order chi connectivity index (χ1) is 8.22. The van der Waals surface area contributed by atoms with Gasteiger partial charge in [0.05, 0.1) is 6.42 Å². The summed E-state index contributed by atoms with van der Waals surface area (Å²) in [6, 6.07) is 9.07. The summed E-state index contributed by atoms with van der Waals surface area (Å²) in [7, 11) is 0. The number of carbonyl (C=O) groups is 2. The molecule has 0 spiro atoms. The van der Waals surface area contributed by atoms with Gasteiger partial charge in [-0.1, -0.05) is 18.2 Å². The van der Waals surface area contributed by atoms with E-state index in [-0.39, 0.29) is 25.4 Å². The van der Waals surface area contributed by atoms with Crippen molar-refractivity contribution in [3.05, 3.63) is 30.3 Å². The Balaban J connectivity index is 2.24. The molecule has 0 atom stereocenters. The van der Waals surface area contributed by atoms with E-state index in [4.69, 9.17) is 10.5 Å². The predicted octanol–water partition coefficient (Wildman–Crippen LogP) is 0.907. The molecule has 5 nitrogen and oxygen atoms in total. The maximum Gasteiger partial charge on any atom is 0.306 e. The lowest BCUT2D eigenvalue weighted by Gasteiger charge is -2.05. The Labute approximate surface area is 99.9 Å². The maximum atomic E-state index is 11.4. The van der Waals surface area contributed by atoms with Crippen LogP contribution in [0.25, 0.3) is 0 Å². The van der Waals surface area contributed by atoms with E-state index in [0.29, 0.717) is 12.2 Å². The van der Waals surface area contributed by atoms with Crippen molar-refractivity contribution >= 4 is 17.6 Å². The Morgan fingerprint density at radius 3 is 2.53 bits per heavy atom. The quantitative estimate of drug-likeness (QED) is 0.719. The van der Waals surface area contributed by atoms with E-state index in [1.54, 1.807) is 12.1 Å². The standard InChI is InChI=1S/C12H16N2O3/c13-8-9-17-12(16)7-6-11(15)14-10-4-2-1-3-5-10/h1-5H,6-9,13H2,(H,14,15). The highest BCUT2D eigenvalue weighted by Crippen LogP contribution is 2.06. The van der Waals surface area contributed by atoms with Gasteiger partial charge < -0.3 is 15.8 Å². The number of carbonyl (C=O) groups excluding carboxylic acids is 2. The molecular formula is C12H16N2O3. The highest BCUT2D eigenvalue weighted by molar-refractivity contribution is 5.92. The fourth-order valence-electron chi connectivity index (χ4n) is 1.21. The monoisotopic (exact) mass is 236 g/mol. The topological polar surface area (TPSA) is 81.4 Å². The summed E-state index contributed by atoms with van der Waals surface area (Å²) in [6.45, 7) is 0.487. The highest BCUT2D eigenvalue weighted by atomic mass is 16.5. The fourth-order valence-corrected chi connectivity index (χ4v) is 1.21. The fraction of sp³-hybridized carbons (Fsp3) is 0.333. The van der Waals surface area contributed by atoms with Crippen LogP contribution in [0, 0.1) is 0 Å². The van der Waals surface area contributed by atoms with Crippen molar-refractivity contribution in [2.45, 2.75) is 12.8 Å². The van der Waals surface area contributed by atoms with Crippen LogP contribution in [0.5, 0.6) is 0 Å². The average Bonchev–Trinajstić information content (AvgIpc) is 2.35. The van der Waals surface area contributed by atoms with Gasteiger partial charge in [0.15, 0.2) is 0 Å². The number of nitrogens with two attached hydrogens (primary N) is 1.